The van der Waals surface area contributed by atoms with Crippen molar-refractivity contribution >= 4 is 18.2 Å². The second kappa shape index (κ2) is 10.6. The Balaban J connectivity index is 1.28. The van der Waals surface area contributed by atoms with Crippen molar-refractivity contribution in [3.8, 4) is 11.1 Å². The summed E-state index contributed by atoms with van der Waals surface area (Å²) in [6.07, 6.45) is 0.476. The van der Waals surface area contributed by atoms with Crippen LogP contribution in [0.5, 0.6) is 0 Å². The van der Waals surface area contributed by atoms with Crippen LogP contribution in [0.25, 0.3) is 11.1 Å². The molecule has 1 unspecified atom stereocenters. The highest BCUT2D eigenvalue weighted by Crippen LogP contribution is 2.44. The Labute approximate surface area is 211 Å². The highest BCUT2D eigenvalue weighted by molar-refractivity contribution is 5.80. The van der Waals surface area contributed by atoms with E-state index < -0.39 is 23.7 Å². The number of likely N-dealkylation sites (tertiary alicyclic amines) is 1. The molecule has 0 spiro atoms. The standard InChI is InChI=1S/C28H34N2O6/c1-28(2,3)36-26(33)29-24(25(31)32)16-18-12-14-30(15-13-18)27(34)35-17-23-21-10-6-4-8-19(21)20-9-5-7-11-22(20)23/h4-11,18,23-24H,12-17H2,1-3H3,(H,29,33)(H,31,32). The summed E-state index contributed by atoms with van der Waals surface area (Å²) >= 11 is 0. The Morgan fingerprint density at radius 2 is 1.56 bits per heavy atom. The van der Waals surface area contributed by atoms with Gasteiger partial charge in [0.15, 0.2) is 0 Å². The van der Waals surface area contributed by atoms with Gasteiger partial charge in [0, 0.05) is 19.0 Å². The molecule has 192 valence electrons. The van der Waals surface area contributed by atoms with E-state index in [0.29, 0.717) is 25.9 Å². The van der Waals surface area contributed by atoms with Gasteiger partial charge in [-0.2, -0.15) is 0 Å². The molecule has 2 amide bonds. The van der Waals surface area contributed by atoms with Gasteiger partial charge in [0.25, 0.3) is 0 Å². The monoisotopic (exact) mass is 494 g/mol. The van der Waals surface area contributed by atoms with Gasteiger partial charge in [-0.15, -0.1) is 0 Å². The summed E-state index contributed by atoms with van der Waals surface area (Å²) in [6.45, 7) is 6.41. The van der Waals surface area contributed by atoms with Crippen LogP contribution in [0.3, 0.4) is 0 Å². The normalized spacial score (nSPS) is 16.6. The number of nitrogens with zero attached hydrogens (tertiary/aromatic N) is 1. The number of benzene rings is 2. The quantitative estimate of drug-likeness (QED) is 0.585. The number of hydrogen-bond acceptors (Lipinski definition) is 5. The number of carboxylic acids is 1. The van der Waals surface area contributed by atoms with Crippen molar-refractivity contribution < 1.29 is 29.0 Å². The number of carbonyl (C=O) groups is 3. The van der Waals surface area contributed by atoms with Crippen molar-refractivity contribution in [2.75, 3.05) is 19.7 Å². The fourth-order valence-corrected chi connectivity index (χ4v) is 5.04. The number of fused-ring (bicyclic) bond motifs is 3. The number of piperidine rings is 1. The van der Waals surface area contributed by atoms with E-state index in [9.17, 15) is 19.5 Å². The van der Waals surface area contributed by atoms with E-state index in [0.717, 1.165) is 0 Å². The molecule has 1 aliphatic carbocycles. The Kier molecular flexibility index (Phi) is 7.52. The molecule has 8 nitrogen and oxygen atoms in total. The van der Waals surface area contributed by atoms with Gasteiger partial charge in [-0.05, 0) is 68.2 Å². The summed E-state index contributed by atoms with van der Waals surface area (Å²) in [5.41, 5.74) is 4.00. The molecule has 2 N–H and O–H groups in total. The van der Waals surface area contributed by atoms with Crippen molar-refractivity contribution in [1.82, 2.24) is 10.2 Å². The molecule has 36 heavy (non-hydrogen) atoms. The van der Waals surface area contributed by atoms with E-state index in [4.69, 9.17) is 9.47 Å². The zero-order valence-electron chi connectivity index (χ0n) is 21.0. The predicted octanol–water partition coefficient (Wildman–Crippen LogP) is 5.02. The van der Waals surface area contributed by atoms with E-state index in [1.165, 1.54) is 22.3 Å². The zero-order chi connectivity index (χ0) is 25.9. The first-order valence-corrected chi connectivity index (χ1v) is 12.4. The number of alkyl carbamates (subject to hydrolysis) is 1. The third kappa shape index (κ3) is 5.98. The van der Waals surface area contributed by atoms with Gasteiger partial charge < -0.3 is 24.8 Å². The Morgan fingerprint density at radius 1 is 1.00 bits per heavy atom. The van der Waals surface area contributed by atoms with Crippen LogP contribution >= 0.6 is 0 Å². The van der Waals surface area contributed by atoms with Crippen molar-refractivity contribution in [3.05, 3.63) is 59.7 Å². The molecular formula is C28H34N2O6. The molecule has 0 saturated carbocycles. The summed E-state index contributed by atoms with van der Waals surface area (Å²) < 4.78 is 10.9. The fraction of sp³-hybridized carbons (Fsp3) is 0.464. The minimum Gasteiger partial charge on any atom is -0.480 e. The van der Waals surface area contributed by atoms with Crippen molar-refractivity contribution in [2.45, 2.75) is 57.6 Å². The van der Waals surface area contributed by atoms with Crippen LogP contribution in [0.2, 0.25) is 0 Å². The summed E-state index contributed by atoms with van der Waals surface area (Å²) in [4.78, 5) is 38.2. The smallest absolute Gasteiger partial charge is 0.409 e. The second-order valence-corrected chi connectivity index (χ2v) is 10.5. The van der Waals surface area contributed by atoms with Gasteiger partial charge >= 0.3 is 18.2 Å². The molecule has 1 fully saturated rings. The SMILES string of the molecule is CC(C)(C)OC(=O)NC(CC1CCN(C(=O)OCC2c3ccccc3-c3ccccc32)CC1)C(=O)O. The molecule has 8 heteroatoms. The lowest BCUT2D eigenvalue weighted by molar-refractivity contribution is -0.140. The van der Waals surface area contributed by atoms with Crippen LogP contribution < -0.4 is 5.32 Å². The minimum atomic E-state index is -1.10. The number of ether oxygens (including phenoxy) is 2. The lowest BCUT2D eigenvalue weighted by atomic mass is 9.90. The maximum absolute atomic E-state index is 12.8. The highest BCUT2D eigenvalue weighted by atomic mass is 16.6. The average Bonchev–Trinajstić information content (AvgIpc) is 3.15. The van der Waals surface area contributed by atoms with Crippen LogP contribution in [-0.4, -0.2) is 59.5 Å². The number of carbonyl (C=O) groups excluding carboxylic acids is 2. The van der Waals surface area contributed by atoms with Gasteiger partial charge in [-0.1, -0.05) is 48.5 Å². The number of aliphatic carboxylic acids is 1. The fourth-order valence-electron chi connectivity index (χ4n) is 5.04. The molecule has 2 aromatic rings. The predicted molar refractivity (Wildman–Crippen MR) is 135 cm³/mol. The number of hydrogen-bond donors (Lipinski definition) is 2. The topological polar surface area (TPSA) is 105 Å². The van der Waals surface area contributed by atoms with E-state index in [-0.39, 0.29) is 31.0 Å². The molecule has 2 aromatic carbocycles. The first-order chi connectivity index (χ1) is 17.1. The second-order valence-electron chi connectivity index (χ2n) is 10.5. The maximum atomic E-state index is 12.8. The lowest BCUT2D eigenvalue weighted by Crippen LogP contribution is -2.46. The van der Waals surface area contributed by atoms with Gasteiger partial charge in [0.1, 0.15) is 18.2 Å². The van der Waals surface area contributed by atoms with Crippen LogP contribution in [0.1, 0.15) is 57.1 Å². The van der Waals surface area contributed by atoms with Crippen LogP contribution in [0.4, 0.5) is 9.59 Å². The molecule has 1 aliphatic heterocycles. The number of rotatable bonds is 6. The number of amides is 2. The van der Waals surface area contributed by atoms with Crippen LogP contribution in [-0.2, 0) is 14.3 Å². The Bertz CT molecular complexity index is 1070. The van der Waals surface area contributed by atoms with Crippen molar-refractivity contribution in [3.63, 3.8) is 0 Å². The molecule has 2 aliphatic rings. The highest BCUT2D eigenvalue weighted by Gasteiger charge is 2.32. The molecule has 0 bridgehead atoms. The van der Waals surface area contributed by atoms with Crippen molar-refractivity contribution in [2.24, 2.45) is 5.92 Å². The number of nitrogens with one attached hydrogen (secondary N) is 1. The van der Waals surface area contributed by atoms with Crippen LogP contribution in [0, 0.1) is 5.92 Å². The molecule has 1 saturated heterocycles. The van der Waals surface area contributed by atoms with E-state index in [2.05, 4.69) is 29.6 Å². The van der Waals surface area contributed by atoms with Crippen LogP contribution in [0.15, 0.2) is 48.5 Å². The molecule has 0 radical (unpaired) electrons. The Hall–Kier alpha value is -3.55. The van der Waals surface area contributed by atoms with Gasteiger partial charge in [-0.3, -0.25) is 0 Å². The van der Waals surface area contributed by atoms with E-state index in [1.54, 1.807) is 25.7 Å². The van der Waals surface area contributed by atoms with Gasteiger partial charge in [-0.25, -0.2) is 14.4 Å². The summed E-state index contributed by atoms with van der Waals surface area (Å²) in [6, 6.07) is 15.4. The minimum absolute atomic E-state index is 0.00847. The first-order valence-electron chi connectivity index (χ1n) is 12.4. The summed E-state index contributed by atoms with van der Waals surface area (Å²) in [5.74, 6) is -1.02. The number of carboxylic acid groups (broad SMARTS) is 1. The average molecular weight is 495 g/mol. The molecule has 1 atom stereocenters. The molecule has 0 aromatic heterocycles. The summed E-state index contributed by atoms with van der Waals surface area (Å²) in [5, 5.41) is 12.0. The summed E-state index contributed by atoms with van der Waals surface area (Å²) in [7, 11) is 0. The lowest BCUT2D eigenvalue weighted by Gasteiger charge is -2.33. The van der Waals surface area contributed by atoms with E-state index >= 15 is 0 Å². The first kappa shape index (κ1) is 25.5. The van der Waals surface area contributed by atoms with E-state index in [1.807, 2.05) is 24.3 Å². The van der Waals surface area contributed by atoms with Gasteiger partial charge in [0.2, 0.25) is 0 Å². The molecule has 4 rings (SSSR count). The third-order valence-electron chi connectivity index (χ3n) is 6.77. The zero-order valence-corrected chi connectivity index (χ0v) is 21.0. The largest absolute Gasteiger partial charge is 0.480 e. The maximum Gasteiger partial charge on any atom is 0.409 e. The Morgan fingerprint density at radius 3 is 2.08 bits per heavy atom. The molecule has 1 heterocycles. The third-order valence-corrected chi connectivity index (χ3v) is 6.77. The van der Waals surface area contributed by atoms with Crippen molar-refractivity contribution in [1.29, 1.82) is 0 Å². The molecular weight excluding hydrogens is 460 g/mol. The van der Waals surface area contributed by atoms with Gasteiger partial charge in [0.05, 0.1) is 0 Å².